The normalized spacial score (nSPS) is 16.9. The molecule has 1 atom stereocenters. The smallest absolute Gasteiger partial charge is 0.243 e. The van der Waals surface area contributed by atoms with Crippen LogP contribution in [-0.2, 0) is 14.8 Å². The first kappa shape index (κ1) is 23.7. The Labute approximate surface area is 200 Å². The average Bonchev–Trinajstić information content (AvgIpc) is 2.88. The van der Waals surface area contributed by atoms with Crippen molar-refractivity contribution in [2.75, 3.05) is 25.5 Å². The fourth-order valence-corrected chi connectivity index (χ4v) is 5.42. The summed E-state index contributed by atoms with van der Waals surface area (Å²) in [6, 6.07) is 19.5. The van der Waals surface area contributed by atoms with Crippen LogP contribution in [0.5, 0.6) is 5.75 Å². The number of hydrogen-bond donors (Lipinski definition) is 1. The lowest BCUT2D eigenvalue weighted by atomic mass is 9.98. The summed E-state index contributed by atoms with van der Waals surface area (Å²) in [5.41, 5.74) is 2.44. The molecule has 176 valence electrons. The number of sulfonamides is 1. The van der Waals surface area contributed by atoms with E-state index in [9.17, 15) is 13.2 Å². The van der Waals surface area contributed by atoms with Gasteiger partial charge in [-0.3, -0.25) is 9.78 Å². The predicted octanol–water partition coefficient (Wildman–Crippen LogP) is 4.30. The standard InChI is InChI=1S/C26H27N3O4S/c1-33-24-12-14-25(15-13-24)34(31,32)29-17-5-7-21(19-29)26(30)28-23-9-4-6-20(18-23)10-11-22-8-2-3-16-27-22/h2-4,6,8-16,18,21H,5,7,17,19H2,1H3,(H,28,30)/b11-10+. The van der Waals surface area contributed by atoms with Crippen LogP contribution in [0.15, 0.2) is 77.8 Å². The van der Waals surface area contributed by atoms with Crippen LogP contribution in [0.4, 0.5) is 5.69 Å². The van der Waals surface area contributed by atoms with Gasteiger partial charge in [0.15, 0.2) is 0 Å². The zero-order chi connectivity index (χ0) is 24.0. The van der Waals surface area contributed by atoms with Crippen molar-refractivity contribution in [2.45, 2.75) is 17.7 Å². The first-order valence-electron chi connectivity index (χ1n) is 11.1. The molecule has 8 heteroatoms. The number of carbonyl (C=O) groups is 1. The molecule has 1 saturated heterocycles. The minimum Gasteiger partial charge on any atom is -0.497 e. The second-order valence-electron chi connectivity index (χ2n) is 8.08. The number of rotatable bonds is 7. The van der Waals surface area contributed by atoms with Gasteiger partial charge in [0.1, 0.15) is 5.75 Å². The Hall–Kier alpha value is -3.49. The third kappa shape index (κ3) is 5.70. The number of amides is 1. The predicted molar refractivity (Wildman–Crippen MR) is 133 cm³/mol. The SMILES string of the molecule is COc1ccc(S(=O)(=O)N2CCCC(C(=O)Nc3cccc(/C=C/c4ccccn4)c3)C2)cc1. The minimum absolute atomic E-state index is 0.152. The molecule has 34 heavy (non-hydrogen) atoms. The van der Waals surface area contributed by atoms with Crippen LogP contribution in [-0.4, -0.2) is 43.8 Å². The van der Waals surface area contributed by atoms with E-state index in [1.54, 1.807) is 18.3 Å². The largest absolute Gasteiger partial charge is 0.497 e. The molecule has 0 radical (unpaired) electrons. The Morgan fingerprint density at radius 1 is 1.09 bits per heavy atom. The van der Waals surface area contributed by atoms with Crippen LogP contribution in [0.1, 0.15) is 24.1 Å². The van der Waals surface area contributed by atoms with Crippen molar-refractivity contribution < 1.29 is 17.9 Å². The summed E-state index contributed by atoms with van der Waals surface area (Å²) < 4.78 is 32.7. The summed E-state index contributed by atoms with van der Waals surface area (Å²) in [5, 5.41) is 2.95. The molecule has 1 N–H and O–H groups in total. The van der Waals surface area contributed by atoms with Gasteiger partial charge in [0.25, 0.3) is 0 Å². The molecule has 4 rings (SSSR count). The highest BCUT2D eigenvalue weighted by Crippen LogP contribution is 2.26. The lowest BCUT2D eigenvalue weighted by Gasteiger charge is -2.31. The number of benzene rings is 2. The van der Waals surface area contributed by atoms with E-state index in [4.69, 9.17) is 4.74 Å². The Morgan fingerprint density at radius 2 is 1.91 bits per heavy atom. The van der Waals surface area contributed by atoms with Crippen molar-refractivity contribution in [3.63, 3.8) is 0 Å². The maximum atomic E-state index is 13.1. The van der Waals surface area contributed by atoms with Gasteiger partial charge in [-0.25, -0.2) is 8.42 Å². The maximum Gasteiger partial charge on any atom is 0.243 e. The monoisotopic (exact) mass is 477 g/mol. The van der Waals surface area contributed by atoms with Crippen molar-refractivity contribution in [2.24, 2.45) is 5.92 Å². The number of hydrogen-bond acceptors (Lipinski definition) is 5. The van der Waals surface area contributed by atoms with E-state index >= 15 is 0 Å². The van der Waals surface area contributed by atoms with Gasteiger partial charge in [-0.05, 0) is 73.0 Å². The molecule has 7 nitrogen and oxygen atoms in total. The third-order valence-electron chi connectivity index (χ3n) is 5.74. The highest BCUT2D eigenvalue weighted by Gasteiger charge is 2.33. The van der Waals surface area contributed by atoms with Gasteiger partial charge < -0.3 is 10.1 Å². The lowest BCUT2D eigenvalue weighted by molar-refractivity contribution is -0.120. The fraction of sp³-hybridized carbons (Fsp3) is 0.231. The van der Waals surface area contributed by atoms with E-state index in [0.717, 1.165) is 11.3 Å². The van der Waals surface area contributed by atoms with E-state index in [0.29, 0.717) is 30.8 Å². The van der Waals surface area contributed by atoms with Crippen LogP contribution in [0.3, 0.4) is 0 Å². The summed E-state index contributed by atoms with van der Waals surface area (Å²) in [7, 11) is -2.15. The highest BCUT2D eigenvalue weighted by atomic mass is 32.2. The molecular weight excluding hydrogens is 450 g/mol. The van der Waals surface area contributed by atoms with Gasteiger partial charge in [-0.15, -0.1) is 0 Å². The Morgan fingerprint density at radius 3 is 2.65 bits per heavy atom. The number of ether oxygens (including phenoxy) is 1. The zero-order valence-corrected chi connectivity index (χ0v) is 19.7. The number of nitrogens with one attached hydrogen (secondary N) is 1. The van der Waals surface area contributed by atoms with Crippen molar-refractivity contribution in [3.8, 4) is 5.75 Å². The molecule has 2 heterocycles. The van der Waals surface area contributed by atoms with Gasteiger partial charge >= 0.3 is 0 Å². The van der Waals surface area contributed by atoms with Crippen molar-refractivity contribution in [1.82, 2.24) is 9.29 Å². The molecular formula is C26H27N3O4S. The Balaban J connectivity index is 1.42. The summed E-state index contributed by atoms with van der Waals surface area (Å²) in [6.07, 6.45) is 6.84. The van der Waals surface area contributed by atoms with E-state index in [2.05, 4.69) is 10.3 Å². The number of pyridine rings is 1. The van der Waals surface area contributed by atoms with E-state index in [-0.39, 0.29) is 17.3 Å². The van der Waals surface area contributed by atoms with Gasteiger partial charge in [0.05, 0.1) is 23.6 Å². The maximum absolute atomic E-state index is 13.1. The van der Waals surface area contributed by atoms with Crippen molar-refractivity contribution >= 4 is 33.8 Å². The number of anilines is 1. The molecule has 1 amide bonds. The van der Waals surface area contributed by atoms with Crippen LogP contribution in [0.2, 0.25) is 0 Å². The topological polar surface area (TPSA) is 88.6 Å². The molecule has 3 aromatic rings. The van der Waals surface area contributed by atoms with Gasteiger partial charge in [0.2, 0.25) is 15.9 Å². The molecule has 0 bridgehead atoms. The molecule has 1 aliphatic heterocycles. The summed E-state index contributed by atoms with van der Waals surface area (Å²) in [6.45, 7) is 0.547. The second-order valence-corrected chi connectivity index (χ2v) is 10.0. The molecule has 0 aliphatic carbocycles. The van der Waals surface area contributed by atoms with Gasteiger partial charge in [-0.1, -0.05) is 24.3 Å². The molecule has 0 saturated carbocycles. The number of carbonyl (C=O) groups excluding carboxylic acids is 1. The van der Waals surface area contributed by atoms with E-state index < -0.39 is 15.9 Å². The Bertz CT molecular complexity index is 1260. The number of piperidine rings is 1. The van der Waals surface area contributed by atoms with E-state index in [1.807, 2.05) is 54.6 Å². The van der Waals surface area contributed by atoms with Crippen LogP contribution < -0.4 is 10.1 Å². The minimum atomic E-state index is -3.68. The molecule has 2 aromatic carbocycles. The highest BCUT2D eigenvalue weighted by molar-refractivity contribution is 7.89. The van der Waals surface area contributed by atoms with E-state index in [1.165, 1.54) is 23.5 Å². The van der Waals surface area contributed by atoms with Crippen molar-refractivity contribution in [3.05, 3.63) is 84.2 Å². The van der Waals surface area contributed by atoms with Gasteiger partial charge in [-0.2, -0.15) is 4.31 Å². The zero-order valence-electron chi connectivity index (χ0n) is 18.9. The van der Waals surface area contributed by atoms with Crippen LogP contribution in [0.25, 0.3) is 12.2 Å². The first-order valence-corrected chi connectivity index (χ1v) is 12.5. The molecule has 1 aliphatic rings. The Kier molecular flexibility index (Phi) is 7.40. The van der Waals surface area contributed by atoms with Crippen LogP contribution in [0, 0.1) is 5.92 Å². The lowest BCUT2D eigenvalue weighted by Crippen LogP contribution is -2.43. The second kappa shape index (κ2) is 10.6. The first-order chi connectivity index (χ1) is 16.5. The fourth-order valence-electron chi connectivity index (χ4n) is 3.89. The molecule has 1 aromatic heterocycles. The number of aromatic nitrogens is 1. The number of methoxy groups -OCH3 is 1. The summed E-state index contributed by atoms with van der Waals surface area (Å²) in [5.74, 6) is -0.0121. The molecule has 1 fully saturated rings. The average molecular weight is 478 g/mol. The molecule has 1 unspecified atom stereocenters. The van der Waals surface area contributed by atoms with Gasteiger partial charge in [0, 0.05) is 25.0 Å². The molecule has 0 spiro atoms. The quantitative estimate of drug-likeness (QED) is 0.548. The summed E-state index contributed by atoms with van der Waals surface area (Å²) >= 11 is 0. The number of nitrogens with zero attached hydrogens (tertiary/aromatic N) is 2. The third-order valence-corrected chi connectivity index (χ3v) is 7.62. The van der Waals surface area contributed by atoms with Crippen molar-refractivity contribution in [1.29, 1.82) is 0 Å². The summed E-state index contributed by atoms with van der Waals surface area (Å²) in [4.78, 5) is 17.4. The van der Waals surface area contributed by atoms with Crippen LogP contribution >= 0.6 is 0 Å².